The highest BCUT2D eigenvalue weighted by atomic mass is 32.1. The fourth-order valence-corrected chi connectivity index (χ4v) is 4.76. The number of alkyl carbamates (subject to hydrolysis) is 1. The molecule has 0 saturated carbocycles. The Bertz CT molecular complexity index is 995. The summed E-state index contributed by atoms with van der Waals surface area (Å²) in [5.74, 6) is 0.0190. The lowest BCUT2D eigenvalue weighted by atomic mass is 10.0. The standard InChI is InChI=1S/C25H40N6O4S2/c1-15(2)21(30-24(33)31(7)11-19-13-36-23(29-19)16(3)4)22(32)27-17(5)8-9-18(6)28-25(34)35-12-20-10-26-14-37-20/h10,13-18,21H,8-9,11-12H2,1-7H3,(H,27,32)(H,28,34)(H,30,33)/t17-,18-,21-/m0/s1. The molecule has 0 bridgehead atoms. The first-order chi connectivity index (χ1) is 17.5. The second kappa shape index (κ2) is 14.9. The van der Waals surface area contributed by atoms with Crippen molar-refractivity contribution in [1.82, 2.24) is 30.8 Å². The zero-order chi connectivity index (χ0) is 27.5. The third-order valence-corrected chi connectivity index (χ3v) is 7.60. The van der Waals surface area contributed by atoms with Crippen LogP contribution in [0.5, 0.6) is 0 Å². The first-order valence-electron chi connectivity index (χ1n) is 12.5. The van der Waals surface area contributed by atoms with Crippen LogP contribution in [0.3, 0.4) is 0 Å². The lowest BCUT2D eigenvalue weighted by Crippen LogP contribution is -2.54. The molecule has 0 spiro atoms. The molecule has 3 N–H and O–H groups in total. The van der Waals surface area contributed by atoms with Gasteiger partial charge in [-0.3, -0.25) is 9.78 Å². The van der Waals surface area contributed by atoms with E-state index in [2.05, 4.69) is 39.8 Å². The van der Waals surface area contributed by atoms with Gasteiger partial charge in [0.2, 0.25) is 5.91 Å². The Morgan fingerprint density at radius 3 is 2.24 bits per heavy atom. The number of ether oxygens (including phenoxy) is 1. The maximum Gasteiger partial charge on any atom is 0.407 e. The van der Waals surface area contributed by atoms with Gasteiger partial charge in [0.05, 0.1) is 27.6 Å². The van der Waals surface area contributed by atoms with E-state index in [4.69, 9.17) is 4.74 Å². The van der Waals surface area contributed by atoms with Crippen molar-refractivity contribution in [3.8, 4) is 0 Å². The predicted octanol–water partition coefficient (Wildman–Crippen LogP) is 4.49. The molecule has 0 aliphatic carbocycles. The van der Waals surface area contributed by atoms with Crippen LogP contribution in [-0.4, -0.2) is 58.1 Å². The van der Waals surface area contributed by atoms with Gasteiger partial charge in [-0.05, 0) is 32.6 Å². The van der Waals surface area contributed by atoms with Crippen LogP contribution in [0, 0.1) is 5.92 Å². The Morgan fingerprint density at radius 1 is 1.00 bits per heavy atom. The average Bonchev–Trinajstić information content (AvgIpc) is 3.51. The second-order valence-electron chi connectivity index (χ2n) is 9.94. The van der Waals surface area contributed by atoms with Gasteiger partial charge in [0.15, 0.2) is 0 Å². The van der Waals surface area contributed by atoms with Gasteiger partial charge in [-0.1, -0.05) is 27.7 Å². The summed E-state index contributed by atoms with van der Waals surface area (Å²) in [6, 6.07) is -1.25. The lowest BCUT2D eigenvalue weighted by molar-refractivity contribution is -0.124. The van der Waals surface area contributed by atoms with Gasteiger partial charge >= 0.3 is 12.1 Å². The molecular formula is C25H40N6O4S2. The Hall–Kier alpha value is -2.73. The number of urea groups is 1. The largest absolute Gasteiger partial charge is 0.444 e. The fourth-order valence-electron chi connectivity index (χ4n) is 3.42. The number of hydrogen-bond acceptors (Lipinski definition) is 8. The fraction of sp³-hybridized carbons (Fsp3) is 0.640. The van der Waals surface area contributed by atoms with Crippen molar-refractivity contribution in [2.75, 3.05) is 7.05 Å². The monoisotopic (exact) mass is 552 g/mol. The van der Waals surface area contributed by atoms with Crippen molar-refractivity contribution < 1.29 is 19.1 Å². The summed E-state index contributed by atoms with van der Waals surface area (Å²) < 4.78 is 5.19. The van der Waals surface area contributed by atoms with Crippen LogP contribution in [0.25, 0.3) is 0 Å². The molecular weight excluding hydrogens is 512 g/mol. The highest BCUT2D eigenvalue weighted by Gasteiger charge is 2.27. The van der Waals surface area contributed by atoms with Crippen LogP contribution in [0.4, 0.5) is 9.59 Å². The number of thiazole rings is 2. The third kappa shape index (κ3) is 10.6. The van der Waals surface area contributed by atoms with Crippen LogP contribution < -0.4 is 16.0 Å². The molecule has 3 atom stereocenters. The van der Waals surface area contributed by atoms with Crippen molar-refractivity contribution >= 4 is 40.7 Å². The maximum absolute atomic E-state index is 13.0. The first kappa shape index (κ1) is 30.5. The molecule has 0 fully saturated rings. The number of amides is 4. The topological polar surface area (TPSA) is 126 Å². The number of carbonyl (C=O) groups excluding carboxylic acids is 3. The summed E-state index contributed by atoms with van der Waals surface area (Å²) in [6.07, 6.45) is 2.50. The number of nitrogens with zero attached hydrogens (tertiary/aromatic N) is 3. The minimum Gasteiger partial charge on any atom is -0.444 e. The van der Waals surface area contributed by atoms with Crippen LogP contribution in [0.15, 0.2) is 17.1 Å². The van der Waals surface area contributed by atoms with E-state index in [0.29, 0.717) is 25.3 Å². The predicted molar refractivity (Wildman–Crippen MR) is 147 cm³/mol. The Kier molecular flexibility index (Phi) is 12.3. The van der Waals surface area contributed by atoms with Gasteiger partial charge in [0.25, 0.3) is 0 Å². The van der Waals surface area contributed by atoms with E-state index in [9.17, 15) is 14.4 Å². The number of rotatable bonds is 13. The number of nitrogens with one attached hydrogen (secondary N) is 3. The van der Waals surface area contributed by atoms with Gasteiger partial charge in [-0.15, -0.1) is 22.7 Å². The molecule has 4 amide bonds. The van der Waals surface area contributed by atoms with Crippen LogP contribution >= 0.6 is 22.7 Å². The molecule has 12 heteroatoms. The number of aromatic nitrogens is 2. The molecule has 2 aromatic heterocycles. The lowest BCUT2D eigenvalue weighted by Gasteiger charge is -2.27. The quantitative estimate of drug-likeness (QED) is 0.336. The third-order valence-electron chi connectivity index (χ3n) is 5.65. The molecule has 0 radical (unpaired) electrons. The summed E-state index contributed by atoms with van der Waals surface area (Å²) in [5.41, 5.74) is 2.52. The minimum absolute atomic E-state index is 0.0923. The van der Waals surface area contributed by atoms with E-state index in [-0.39, 0.29) is 36.5 Å². The summed E-state index contributed by atoms with van der Waals surface area (Å²) >= 11 is 3.01. The van der Waals surface area contributed by atoms with E-state index in [0.717, 1.165) is 15.6 Å². The summed E-state index contributed by atoms with van der Waals surface area (Å²) in [6.45, 7) is 12.3. The van der Waals surface area contributed by atoms with E-state index in [1.54, 1.807) is 30.1 Å². The molecule has 0 saturated heterocycles. The van der Waals surface area contributed by atoms with E-state index < -0.39 is 12.1 Å². The SMILES string of the molecule is CC(C)c1nc(CN(C)C(=O)N[C@H](C(=O)N[C@@H](C)CC[C@H](C)NC(=O)OCc2cncs2)C(C)C)cs1. The smallest absolute Gasteiger partial charge is 0.407 e. The average molecular weight is 553 g/mol. The van der Waals surface area contributed by atoms with Crippen molar-refractivity contribution in [2.45, 2.75) is 91.6 Å². The van der Waals surface area contributed by atoms with Crippen LogP contribution in [0.2, 0.25) is 0 Å². The molecule has 206 valence electrons. The van der Waals surface area contributed by atoms with Gasteiger partial charge < -0.3 is 25.6 Å². The van der Waals surface area contributed by atoms with E-state index in [1.807, 2.05) is 33.1 Å². The van der Waals surface area contributed by atoms with Crippen molar-refractivity contribution in [3.05, 3.63) is 32.7 Å². The van der Waals surface area contributed by atoms with Crippen LogP contribution in [-0.2, 0) is 22.7 Å². The molecule has 2 aromatic rings. The zero-order valence-corrected chi connectivity index (χ0v) is 24.4. The number of hydrogen-bond donors (Lipinski definition) is 3. The zero-order valence-electron chi connectivity index (χ0n) is 22.7. The van der Waals surface area contributed by atoms with Gasteiger partial charge in [-0.2, -0.15) is 0 Å². The van der Waals surface area contributed by atoms with E-state index >= 15 is 0 Å². The first-order valence-corrected chi connectivity index (χ1v) is 14.3. The molecule has 2 heterocycles. The van der Waals surface area contributed by atoms with Crippen molar-refractivity contribution in [1.29, 1.82) is 0 Å². The van der Waals surface area contributed by atoms with Gasteiger partial charge in [-0.25, -0.2) is 14.6 Å². The minimum atomic E-state index is -0.670. The molecule has 0 aromatic carbocycles. The Labute approximate surface area is 227 Å². The normalized spacial score (nSPS) is 13.6. The maximum atomic E-state index is 13.0. The molecule has 37 heavy (non-hydrogen) atoms. The van der Waals surface area contributed by atoms with E-state index in [1.165, 1.54) is 16.2 Å². The summed E-state index contributed by atoms with van der Waals surface area (Å²) in [7, 11) is 1.69. The molecule has 10 nitrogen and oxygen atoms in total. The molecule has 2 rings (SSSR count). The summed E-state index contributed by atoms with van der Waals surface area (Å²) in [5, 5.41) is 11.7. The van der Waals surface area contributed by atoms with Crippen LogP contribution in [0.1, 0.15) is 75.9 Å². The molecule has 0 unspecified atom stereocenters. The Balaban J connectivity index is 1.76. The number of carbonyl (C=O) groups is 3. The Morgan fingerprint density at radius 2 is 1.68 bits per heavy atom. The van der Waals surface area contributed by atoms with Gasteiger partial charge in [0, 0.05) is 36.6 Å². The van der Waals surface area contributed by atoms with Crippen molar-refractivity contribution in [3.63, 3.8) is 0 Å². The molecule has 0 aliphatic heterocycles. The van der Waals surface area contributed by atoms with Crippen molar-refractivity contribution in [2.24, 2.45) is 5.92 Å². The molecule has 0 aliphatic rings. The van der Waals surface area contributed by atoms with Gasteiger partial charge in [0.1, 0.15) is 12.6 Å². The second-order valence-corrected chi connectivity index (χ2v) is 11.8. The summed E-state index contributed by atoms with van der Waals surface area (Å²) in [4.78, 5) is 48.7. The highest BCUT2D eigenvalue weighted by Crippen LogP contribution is 2.20. The highest BCUT2D eigenvalue weighted by molar-refractivity contribution is 7.09.